The normalized spacial score (nSPS) is 22.6. The third-order valence-electron chi connectivity index (χ3n) is 2.81. The van der Waals surface area contributed by atoms with E-state index in [2.05, 4.69) is 17.9 Å². The van der Waals surface area contributed by atoms with Gasteiger partial charge in [0, 0.05) is 6.54 Å². The van der Waals surface area contributed by atoms with Gasteiger partial charge in [-0.3, -0.25) is 9.13 Å². The van der Waals surface area contributed by atoms with Crippen molar-refractivity contribution in [3.63, 3.8) is 0 Å². The summed E-state index contributed by atoms with van der Waals surface area (Å²) in [6.45, 7) is 0.211. The Morgan fingerprint density at radius 1 is 1.17 bits per heavy atom. The molecular formula is C8H11NO6P2S. The fraction of sp³-hybridized carbons (Fsp3) is 0.250. The molecule has 0 saturated carbocycles. The van der Waals surface area contributed by atoms with E-state index in [1.165, 1.54) is 6.08 Å². The van der Waals surface area contributed by atoms with Crippen molar-refractivity contribution in [2.75, 3.05) is 6.54 Å². The van der Waals surface area contributed by atoms with E-state index in [1.807, 2.05) is 0 Å². The molecule has 2 rings (SSSR count). The summed E-state index contributed by atoms with van der Waals surface area (Å²) in [7, 11) is -10.1. The van der Waals surface area contributed by atoms with Crippen LogP contribution in [0.5, 0.6) is 0 Å². The molecule has 1 aliphatic carbocycles. The zero-order chi connectivity index (χ0) is 13.8. The number of thiol groups is 1. The van der Waals surface area contributed by atoms with Crippen LogP contribution >= 0.6 is 27.8 Å². The summed E-state index contributed by atoms with van der Waals surface area (Å²) in [6.07, 6.45) is 3.35. The van der Waals surface area contributed by atoms with Crippen molar-refractivity contribution in [1.82, 2.24) is 5.32 Å². The van der Waals surface area contributed by atoms with Gasteiger partial charge < -0.3 is 24.9 Å². The molecule has 0 aromatic rings. The molecule has 0 amide bonds. The Labute approximate surface area is 108 Å². The molecule has 0 radical (unpaired) electrons. The Morgan fingerprint density at radius 2 is 1.72 bits per heavy atom. The maximum atomic E-state index is 11.5. The van der Waals surface area contributed by atoms with Gasteiger partial charge in [0.2, 0.25) is 4.90 Å². The molecule has 2 aliphatic rings. The first-order valence-electron chi connectivity index (χ1n) is 4.78. The first kappa shape index (κ1) is 14.1. The molecule has 1 aliphatic heterocycles. The van der Waals surface area contributed by atoms with E-state index in [0.29, 0.717) is 16.2 Å². The van der Waals surface area contributed by atoms with Crippen LogP contribution in [-0.2, 0) is 9.13 Å². The van der Waals surface area contributed by atoms with Gasteiger partial charge in [-0.1, -0.05) is 0 Å². The molecule has 1 heterocycles. The molecule has 7 nitrogen and oxygen atoms in total. The second kappa shape index (κ2) is 4.08. The lowest BCUT2D eigenvalue weighted by atomic mass is 10.1. The summed E-state index contributed by atoms with van der Waals surface area (Å²) in [5.41, 5.74) is 0.796. The molecule has 100 valence electrons. The van der Waals surface area contributed by atoms with Crippen molar-refractivity contribution in [2.45, 2.75) is 4.90 Å². The molecule has 0 atom stereocenters. The minimum atomic E-state index is -5.06. The van der Waals surface area contributed by atoms with Crippen molar-refractivity contribution in [3.8, 4) is 0 Å². The smallest absolute Gasteiger partial charge is 0.351 e. The number of hydrogen-bond donors (Lipinski definition) is 6. The predicted octanol–water partition coefficient (Wildman–Crippen LogP) is 0.279. The third kappa shape index (κ3) is 2.04. The van der Waals surface area contributed by atoms with Crippen LogP contribution < -0.4 is 5.32 Å². The third-order valence-corrected chi connectivity index (χ3v) is 7.04. The molecule has 0 saturated heterocycles. The Balaban J connectivity index is 2.67. The highest BCUT2D eigenvalue weighted by Gasteiger charge is 2.59. The summed E-state index contributed by atoms with van der Waals surface area (Å²) in [5, 5.41) is 3.27. The molecule has 18 heavy (non-hydrogen) atoms. The molecule has 0 aromatic carbocycles. The van der Waals surface area contributed by atoms with Gasteiger partial charge in [0.1, 0.15) is 0 Å². The van der Waals surface area contributed by atoms with E-state index in [4.69, 9.17) is 0 Å². The van der Waals surface area contributed by atoms with Gasteiger partial charge in [-0.15, -0.1) is 12.6 Å². The quantitative estimate of drug-likeness (QED) is 0.319. The molecule has 0 spiro atoms. The van der Waals surface area contributed by atoms with Crippen molar-refractivity contribution in [1.29, 1.82) is 0 Å². The molecule has 0 fully saturated rings. The lowest BCUT2D eigenvalue weighted by molar-refractivity contribution is 0.333. The Kier molecular flexibility index (Phi) is 3.19. The van der Waals surface area contributed by atoms with E-state index in [0.717, 1.165) is 12.2 Å². The second-order valence-electron chi connectivity index (χ2n) is 4.02. The minimum Gasteiger partial charge on any atom is -0.376 e. The first-order chi connectivity index (χ1) is 8.07. The van der Waals surface area contributed by atoms with Crippen molar-refractivity contribution in [3.05, 3.63) is 34.4 Å². The lowest BCUT2D eigenvalue weighted by Gasteiger charge is -2.26. The number of allylic oxidation sites excluding steroid dienone is 3. The fourth-order valence-electron chi connectivity index (χ4n) is 1.88. The second-order valence-corrected chi connectivity index (χ2v) is 8.51. The van der Waals surface area contributed by atoms with Crippen LogP contribution in [0.4, 0.5) is 0 Å². The maximum Gasteiger partial charge on any atom is 0.351 e. The topological polar surface area (TPSA) is 127 Å². The highest BCUT2D eigenvalue weighted by molar-refractivity contribution is 7.84. The van der Waals surface area contributed by atoms with Crippen LogP contribution in [0.1, 0.15) is 0 Å². The van der Waals surface area contributed by atoms with Crippen molar-refractivity contribution in [2.24, 2.45) is 0 Å². The van der Waals surface area contributed by atoms with E-state index in [1.54, 1.807) is 0 Å². The summed E-state index contributed by atoms with van der Waals surface area (Å²) < 4.78 is 23.0. The predicted molar refractivity (Wildman–Crippen MR) is 68.1 cm³/mol. The van der Waals surface area contributed by atoms with Crippen LogP contribution in [0.3, 0.4) is 0 Å². The number of fused-ring (bicyclic) bond motifs is 1. The van der Waals surface area contributed by atoms with Gasteiger partial charge in [-0.05, 0) is 29.4 Å². The van der Waals surface area contributed by atoms with Crippen LogP contribution in [0, 0.1) is 0 Å². The summed E-state index contributed by atoms with van der Waals surface area (Å²) in [6, 6.07) is 0. The zero-order valence-corrected chi connectivity index (χ0v) is 11.6. The van der Waals surface area contributed by atoms with Gasteiger partial charge in [0.25, 0.3) is 0 Å². The molecule has 0 bridgehead atoms. The number of nitrogens with one attached hydrogen (secondary N) is 1. The standard InChI is InChI=1S/C8H11NO6P2S/c10-16(11,12)8(17(13,14)15)2-5-1-7(18)9-4-6(5)3-8/h1-3,9,18H,4H2,(H2,10,11,12)(H2,13,14,15). The van der Waals surface area contributed by atoms with Gasteiger partial charge in [-0.25, -0.2) is 0 Å². The number of hydrogen-bond acceptors (Lipinski definition) is 4. The highest BCUT2D eigenvalue weighted by Crippen LogP contribution is 2.72. The molecule has 5 N–H and O–H groups in total. The van der Waals surface area contributed by atoms with Crippen LogP contribution in [0.15, 0.2) is 34.4 Å². The van der Waals surface area contributed by atoms with Crippen LogP contribution in [0.2, 0.25) is 0 Å². The minimum absolute atomic E-state index is 0.211. The van der Waals surface area contributed by atoms with Gasteiger partial charge in [-0.2, -0.15) is 0 Å². The highest BCUT2D eigenvalue weighted by atomic mass is 32.1. The van der Waals surface area contributed by atoms with Gasteiger partial charge in [0.05, 0.1) is 5.03 Å². The fourth-order valence-corrected chi connectivity index (χ4v) is 4.72. The lowest BCUT2D eigenvalue weighted by Crippen LogP contribution is -2.22. The Hall–Kier alpha value is -0.330. The Bertz CT molecular complexity index is 560. The van der Waals surface area contributed by atoms with E-state index in [9.17, 15) is 28.7 Å². The van der Waals surface area contributed by atoms with E-state index >= 15 is 0 Å². The van der Waals surface area contributed by atoms with E-state index < -0.39 is 20.1 Å². The monoisotopic (exact) mass is 311 g/mol. The van der Waals surface area contributed by atoms with Crippen molar-refractivity contribution < 1.29 is 28.7 Å². The van der Waals surface area contributed by atoms with Crippen LogP contribution in [-0.4, -0.2) is 31.0 Å². The largest absolute Gasteiger partial charge is 0.376 e. The van der Waals surface area contributed by atoms with E-state index in [-0.39, 0.29) is 6.54 Å². The molecule has 0 aromatic heterocycles. The molecular weight excluding hydrogens is 300 g/mol. The average molecular weight is 311 g/mol. The van der Waals surface area contributed by atoms with Gasteiger partial charge in [0.15, 0.2) is 0 Å². The summed E-state index contributed by atoms with van der Waals surface area (Å²) in [4.78, 5) is 34.6. The molecule has 0 unspecified atom stereocenters. The maximum absolute atomic E-state index is 11.5. The number of rotatable bonds is 2. The SMILES string of the molecule is O=P(O)(O)C1(P(=O)(O)O)C=C2C=C(S)NCC2=C1. The van der Waals surface area contributed by atoms with Gasteiger partial charge >= 0.3 is 15.2 Å². The molecule has 10 heteroatoms. The zero-order valence-electron chi connectivity index (χ0n) is 8.89. The summed E-state index contributed by atoms with van der Waals surface area (Å²) >= 11 is 4.04. The first-order valence-corrected chi connectivity index (χ1v) is 8.45. The van der Waals surface area contributed by atoms with Crippen LogP contribution in [0.25, 0.3) is 0 Å². The Morgan fingerprint density at radius 3 is 2.22 bits per heavy atom. The van der Waals surface area contributed by atoms with Crippen molar-refractivity contribution >= 4 is 27.8 Å². The summed E-state index contributed by atoms with van der Waals surface area (Å²) in [5.74, 6) is 0. The average Bonchev–Trinajstić information content (AvgIpc) is 2.55.